The normalized spacial score (nSPS) is 24.4. The molecule has 0 aliphatic carbocycles. The number of hydrogen-bond acceptors (Lipinski definition) is 6. The molecular formula is C15H26NO6. The minimum atomic E-state index is -1.29. The molecule has 1 rings (SSSR count). The number of carbonyl (C=O) groups excluding carboxylic acids is 2. The summed E-state index contributed by atoms with van der Waals surface area (Å²) in [4.78, 5) is 23.3. The topological polar surface area (TPSA) is 96.0 Å². The lowest BCUT2D eigenvalue weighted by molar-refractivity contribution is -0.299. The molecule has 0 bridgehead atoms. The summed E-state index contributed by atoms with van der Waals surface area (Å²) in [7, 11) is 0. The maximum Gasteiger partial charge on any atom is 0.347 e. The molecule has 1 aliphatic heterocycles. The summed E-state index contributed by atoms with van der Waals surface area (Å²) < 4.78 is 10.2. The highest BCUT2D eigenvalue weighted by Crippen LogP contribution is 2.38. The fourth-order valence-electron chi connectivity index (χ4n) is 2.84. The van der Waals surface area contributed by atoms with Crippen molar-refractivity contribution in [2.24, 2.45) is 0 Å². The summed E-state index contributed by atoms with van der Waals surface area (Å²) in [5, 5.41) is 22.3. The van der Waals surface area contributed by atoms with E-state index in [0.29, 0.717) is 12.8 Å². The number of esters is 2. The van der Waals surface area contributed by atoms with Gasteiger partial charge in [-0.3, -0.25) is 0 Å². The number of hydrogen-bond donors (Lipinski definition) is 1. The SMILES string of the molecule is CC(O)C(=O)OC(C)C(=O)OC1CC(C)(C)N([O])C(C)(C)C1. The van der Waals surface area contributed by atoms with Crippen LogP contribution in [0.3, 0.4) is 0 Å². The van der Waals surface area contributed by atoms with Gasteiger partial charge in [-0.2, -0.15) is 0 Å². The fraction of sp³-hybridized carbons (Fsp3) is 0.867. The number of aliphatic hydroxyl groups excluding tert-OH is 1. The first kappa shape index (κ1) is 18.9. The van der Waals surface area contributed by atoms with Crippen molar-refractivity contribution in [3.05, 3.63) is 0 Å². The first-order valence-electron chi connectivity index (χ1n) is 7.43. The summed E-state index contributed by atoms with van der Waals surface area (Å²) in [6.07, 6.45) is -2.00. The third kappa shape index (κ3) is 4.41. The Labute approximate surface area is 131 Å². The van der Waals surface area contributed by atoms with Crippen LogP contribution >= 0.6 is 0 Å². The van der Waals surface area contributed by atoms with E-state index in [-0.39, 0.29) is 0 Å². The molecule has 127 valence electrons. The first-order chi connectivity index (χ1) is 9.86. The van der Waals surface area contributed by atoms with Gasteiger partial charge in [0.05, 0.1) is 0 Å². The smallest absolute Gasteiger partial charge is 0.347 e. The van der Waals surface area contributed by atoms with Gasteiger partial charge in [0.15, 0.2) is 6.10 Å². The number of piperidine rings is 1. The summed E-state index contributed by atoms with van der Waals surface area (Å²) >= 11 is 0. The summed E-state index contributed by atoms with van der Waals surface area (Å²) in [5.74, 6) is -1.55. The van der Waals surface area contributed by atoms with E-state index in [1.54, 1.807) is 27.7 Å². The molecule has 1 radical (unpaired) electrons. The molecule has 0 amide bonds. The van der Waals surface area contributed by atoms with Gasteiger partial charge in [0.25, 0.3) is 0 Å². The van der Waals surface area contributed by atoms with Gasteiger partial charge in [-0.05, 0) is 41.5 Å². The summed E-state index contributed by atoms with van der Waals surface area (Å²) in [5.41, 5.74) is -1.29. The number of ether oxygens (including phenoxy) is 2. The van der Waals surface area contributed by atoms with Crippen LogP contribution in [-0.2, 0) is 24.3 Å². The van der Waals surface area contributed by atoms with Crippen molar-refractivity contribution in [3.8, 4) is 0 Å². The zero-order valence-corrected chi connectivity index (χ0v) is 14.1. The second-order valence-electron chi connectivity index (χ2n) is 7.14. The van der Waals surface area contributed by atoms with Crippen LogP contribution in [-0.4, -0.2) is 51.5 Å². The van der Waals surface area contributed by atoms with Crippen molar-refractivity contribution in [2.75, 3.05) is 0 Å². The maximum atomic E-state index is 12.2. The highest BCUT2D eigenvalue weighted by molar-refractivity contribution is 5.80. The predicted octanol–water partition coefficient (Wildman–Crippen LogP) is 1.21. The Morgan fingerprint density at radius 1 is 1.09 bits per heavy atom. The van der Waals surface area contributed by atoms with Gasteiger partial charge < -0.3 is 14.6 Å². The molecule has 7 heteroatoms. The monoisotopic (exact) mass is 316 g/mol. The molecule has 1 fully saturated rings. The van der Waals surface area contributed by atoms with E-state index < -0.39 is 41.3 Å². The van der Waals surface area contributed by atoms with Crippen molar-refractivity contribution in [2.45, 2.75) is 83.8 Å². The van der Waals surface area contributed by atoms with Crippen LogP contribution in [0.4, 0.5) is 0 Å². The van der Waals surface area contributed by atoms with Gasteiger partial charge in [0, 0.05) is 23.9 Å². The molecule has 2 unspecified atom stereocenters. The molecular weight excluding hydrogens is 290 g/mol. The number of hydroxylamine groups is 2. The quantitative estimate of drug-likeness (QED) is 0.783. The van der Waals surface area contributed by atoms with Crippen molar-refractivity contribution >= 4 is 11.9 Å². The van der Waals surface area contributed by atoms with Gasteiger partial charge in [-0.15, -0.1) is 10.3 Å². The molecule has 1 aliphatic rings. The highest BCUT2D eigenvalue weighted by Gasteiger charge is 2.47. The van der Waals surface area contributed by atoms with E-state index in [0.717, 1.165) is 5.06 Å². The fourth-order valence-corrected chi connectivity index (χ4v) is 2.84. The van der Waals surface area contributed by atoms with Gasteiger partial charge in [0.1, 0.15) is 12.2 Å². The largest absolute Gasteiger partial charge is 0.459 e. The standard InChI is InChI=1S/C15H26NO6/c1-9(17)12(18)21-10(2)13(19)22-11-7-14(3,4)16(20)15(5,6)8-11/h9-11,17H,7-8H2,1-6H3. The number of aliphatic hydroxyl groups is 1. The van der Waals surface area contributed by atoms with Crippen LogP contribution in [0, 0.1) is 0 Å². The van der Waals surface area contributed by atoms with Gasteiger partial charge in [-0.1, -0.05) is 0 Å². The predicted molar refractivity (Wildman–Crippen MR) is 77.0 cm³/mol. The lowest BCUT2D eigenvalue weighted by atomic mass is 9.80. The zero-order valence-electron chi connectivity index (χ0n) is 14.1. The van der Waals surface area contributed by atoms with Crippen LogP contribution in [0.1, 0.15) is 54.4 Å². The highest BCUT2D eigenvalue weighted by atomic mass is 16.6. The van der Waals surface area contributed by atoms with E-state index in [1.165, 1.54) is 13.8 Å². The molecule has 0 saturated carbocycles. The lowest BCUT2D eigenvalue weighted by Gasteiger charge is -2.49. The third-order valence-corrected chi connectivity index (χ3v) is 3.80. The Morgan fingerprint density at radius 3 is 1.95 bits per heavy atom. The van der Waals surface area contributed by atoms with E-state index in [4.69, 9.17) is 14.6 Å². The second kappa shape index (κ2) is 6.52. The van der Waals surface area contributed by atoms with Crippen LogP contribution in [0.2, 0.25) is 0 Å². The van der Waals surface area contributed by atoms with Crippen LogP contribution in [0.5, 0.6) is 0 Å². The van der Waals surface area contributed by atoms with Crippen molar-refractivity contribution in [1.29, 1.82) is 0 Å². The van der Waals surface area contributed by atoms with E-state index >= 15 is 0 Å². The minimum Gasteiger partial charge on any atom is -0.459 e. The maximum absolute atomic E-state index is 12.2. The summed E-state index contributed by atoms with van der Waals surface area (Å²) in [6, 6.07) is 0. The average molecular weight is 316 g/mol. The zero-order chi connectivity index (χ0) is 17.3. The molecule has 1 N–H and O–H groups in total. The Kier molecular flexibility index (Phi) is 5.59. The summed E-state index contributed by atoms with van der Waals surface area (Å²) in [6.45, 7) is 9.87. The second-order valence-corrected chi connectivity index (χ2v) is 7.14. The molecule has 0 aromatic rings. The molecule has 0 aromatic carbocycles. The van der Waals surface area contributed by atoms with Gasteiger partial charge >= 0.3 is 11.9 Å². The molecule has 1 heterocycles. The minimum absolute atomic E-state index is 0.405. The Hall–Kier alpha value is -1.18. The van der Waals surface area contributed by atoms with Crippen LogP contribution in [0.15, 0.2) is 0 Å². The molecule has 0 spiro atoms. The number of rotatable bonds is 4. The lowest BCUT2D eigenvalue weighted by Crippen LogP contribution is -2.60. The van der Waals surface area contributed by atoms with Gasteiger partial charge in [-0.25, -0.2) is 9.59 Å². The molecule has 22 heavy (non-hydrogen) atoms. The van der Waals surface area contributed by atoms with Crippen LogP contribution in [0.25, 0.3) is 0 Å². The molecule has 7 nitrogen and oxygen atoms in total. The Balaban J connectivity index is 2.66. The van der Waals surface area contributed by atoms with Crippen molar-refractivity contribution < 1.29 is 29.4 Å². The number of nitrogens with zero attached hydrogens (tertiary/aromatic N) is 1. The van der Waals surface area contributed by atoms with E-state index in [9.17, 15) is 14.8 Å². The van der Waals surface area contributed by atoms with Crippen molar-refractivity contribution in [1.82, 2.24) is 5.06 Å². The van der Waals surface area contributed by atoms with E-state index in [1.807, 2.05) is 0 Å². The van der Waals surface area contributed by atoms with E-state index in [2.05, 4.69) is 0 Å². The Bertz CT molecular complexity index is 414. The van der Waals surface area contributed by atoms with Crippen LogP contribution < -0.4 is 0 Å². The van der Waals surface area contributed by atoms with Gasteiger partial charge in [0.2, 0.25) is 0 Å². The molecule has 2 atom stereocenters. The number of carbonyl (C=O) groups is 2. The van der Waals surface area contributed by atoms with Crippen molar-refractivity contribution in [3.63, 3.8) is 0 Å². The first-order valence-corrected chi connectivity index (χ1v) is 7.43. The molecule has 0 aromatic heterocycles. The third-order valence-electron chi connectivity index (χ3n) is 3.80. The molecule has 1 saturated heterocycles. The average Bonchev–Trinajstić information content (AvgIpc) is 2.34. The Morgan fingerprint density at radius 2 is 1.55 bits per heavy atom.